The van der Waals surface area contributed by atoms with Gasteiger partial charge < -0.3 is 18.9 Å². The second-order valence-corrected chi connectivity index (χ2v) is 7.67. The van der Waals surface area contributed by atoms with Gasteiger partial charge in [-0.1, -0.05) is 23.7 Å². The van der Waals surface area contributed by atoms with Crippen LogP contribution in [0.3, 0.4) is 0 Å². The predicted octanol–water partition coefficient (Wildman–Crippen LogP) is 2.15. The van der Waals surface area contributed by atoms with Crippen LogP contribution in [0, 0.1) is 0 Å². The standard InChI is InChI=1S/2C8H12N.CH5ClO6P2/c2*1-8(2)9-6-4-3-5-7-9;2-1(7-9(3)4)8-10(5)6/h2*3-8H,1-2H3;1,9-10H,(H,3,4)(H,5,6)/q2*+1;/p-2. The Balaban J connectivity index is 0.000000391. The normalized spacial score (nSPS) is 13.6. The lowest BCUT2D eigenvalue weighted by Crippen LogP contribution is -2.34. The summed E-state index contributed by atoms with van der Waals surface area (Å²) in [5.41, 5.74) is 0. The highest BCUT2D eigenvalue weighted by Gasteiger charge is 2.03. The van der Waals surface area contributed by atoms with Gasteiger partial charge in [-0.2, -0.15) is 0 Å². The quantitative estimate of drug-likeness (QED) is 0.288. The van der Waals surface area contributed by atoms with Crippen LogP contribution in [0.1, 0.15) is 39.8 Å². The molecule has 0 amide bonds. The molecule has 158 valence electrons. The third-order valence-corrected chi connectivity index (χ3v) is 4.34. The molecule has 0 aromatic carbocycles. The molecule has 2 heterocycles. The van der Waals surface area contributed by atoms with E-state index in [1.54, 1.807) is 0 Å². The van der Waals surface area contributed by atoms with Crippen molar-refractivity contribution in [2.45, 2.75) is 45.5 Å². The molecule has 0 saturated carbocycles. The highest BCUT2D eigenvalue weighted by molar-refractivity contribution is 7.31. The summed E-state index contributed by atoms with van der Waals surface area (Å²) in [6.45, 7) is 8.67. The summed E-state index contributed by atoms with van der Waals surface area (Å²) in [4.78, 5) is 19.4. The van der Waals surface area contributed by atoms with Gasteiger partial charge in [0.05, 0.1) is 0 Å². The van der Waals surface area contributed by atoms with Gasteiger partial charge in [0.15, 0.2) is 36.9 Å². The van der Waals surface area contributed by atoms with Crippen LogP contribution in [0.4, 0.5) is 0 Å². The third-order valence-electron chi connectivity index (χ3n) is 3.05. The molecule has 0 aliphatic heterocycles. The molecule has 0 aliphatic rings. The number of hydrogen-bond donors (Lipinski definition) is 0. The Bertz CT molecular complexity index is 633. The van der Waals surface area contributed by atoms with Crippen molar-refractivity contribution < 1.29 is 37.1 Å². The van der Waals surface area contributed by atoms with E-state index in [4.69, 9.17) is 11.6 Å². The minimum Gasteiger partial charge on any atom is -0.781 e. The van der Waals surface area contributed by atoms with Crippen molar-refractivity contribution in [3.8, 4) is 0 Å². The summed E-state index contributed by atoms with van der Waals surface area (Å²) >= 11 is 4.88. The maximum Gasteiger partial charge on any atom is 0.246 e. The Kier molecular flexibility index (Phi) is 15.1. The SMILES string of the molecule is CC(C)[n+]1ccccc1.CC(C)[n+]1ccccc1.O=[PH]([O-])OC(Cl)O[PH](=O)[O-]. The first-order valence-corrected chi connectivity index (χ1v) is 11.3. The molecule has 2 aromatic rings. The Morgan fingerprint density at radius 2 is 1.00 bits per heavy atom. The maximum atomic E-state index is 9.69. The van der Waals surface area contributed by atoms with Crippen LogP contribution in [0.25, 0.3) is 0 Å². The molecule has 0 bridgehead atoms. The van der Waals surface area contributed by atoms with Gasteiger partial charge in [-0.3, -0.25) is 9.05 Å². The number of aromatic nitrogens is 2. The smallest absolute Gasteiger partial charge is 0.246 e. The average molecular weight is 453 g/mol. The molecule has 0 saturated heterocycles. The van der Waals surface area contributed by atoms with Crippen LogP contribution in [-0.2, 0) is 18.2 Å². The van der Waals surface area contributed by atoms with E-state index in [-0.39, 0.29) is 0 Å². The molecular formula is C17H27ClN2O6P2. The van der Waals surface area contributed by atoms with Gasteiger partial charge in [-0.15, -0.1) is 0 Å². The average Bonchev–Trinajstić information content (AvgIpc) is 2.63. The van der Waals surface area contributed by atoms with Crippen molar-refractivity contribution in [1.82, 2.24) is 0 Å². The van der Waals surface area contributed by atoms with Gasteiger partial charge in [0.1, 0.15) is 16.5 Å². The van der Waals surface area contributed by atoms with E-state index in [1.807, 2.05) is 36.4 Å². The Morgan fingerprint density at radius 3 is 1.18 bits per heavy atom. The van der Waals surface area contributed by atoms with Crippen LogP contribution in [-0.4, -0.2) is 5.75 Å². The van der Waals surface area contributed by atoms with Crippen LogP contribution in [0.2, 0.25) is 0 Å². The highest BCUT2D eigenvalue weighted by Crippen LogP contribution is 2.23. The molecule has 2 unspecified atom stereocenters. The van der Waals surface area contributed by atoms with Gasteiger partial charge in [-0.25, -0.2) is 9.13 Å². The summed E-state index contributed by atoms with van der Waals surface area (Å²) in [6, 6.07) is 13.4. The molecule has 28 heavy (non-hydrogen) atoms. The minimum atomic E-state index is -3.50. The second kappa shape index (κ2) is 15.8. The number of hydrogen-bond acceptors (Lipinski definition) is 6. The number of alkyl halides is 1. The summed E-state index contributed by atoms with van der Waals surface area (Å²) in [5, 5.41) is 0. The van der Waals surface area contributed by atoms with E-state index < -0.39 is 22.3 Å². The Labute approximate surface area is 172 Å². The topological polar surface area (TPSA) is 106 Å². The monoisotopic (exact) mass is 452 g/mol. The first-order valence-electron chi connectivity index (χ1n) is 8.44. The number of halogens is 1. The molecule has 2 atom stereocenters. The first kappa shape index (κ1) is 26.9. The van der Waals surface area contributed by atoms with E-state index in [9.17, 15) is 18.9 Å². The third kappa shape index (κ3) is 14.9. The van der Waals surface area contributed by atoms with Crippen molar-refractivity contribution in [2.75, 3.05) is 0 Å². The van der Waals surface area contributed by atoms with Gasteiger partial charge in [0.25, 0.3) is 0 Å². The van der Waals surface area contributed by atoms with E-state index in [0.29, 0.717) is 12.1 Å². The van der Waals surface area contributed by atoms with E-state index >= 15 is 0 Å². The van der Waals surface area contributed by atoms with Crippen LogP contribution < -0.4 is 18.9 Å². The number of rotatable bonds is 6. The summed E-state index contributed by atoms with van der Waals surface area (Å²) in [6.07, 6.45) is 8.30. The molecule has 0 radical (unpaired) electrons. The lowest BCUT2D eigenvalue weighted by atomic mass is 10.3. The highest BCUT2D eigenvalue weighted by atomic mass is 35.5. The molecule has 11 heteroatoms. The Morgan fingerprint density at radius 1 is 0.714 bits per heavy atom. The molecule has 2 rings (SSSR count). The van der Waals surface area contributed by atoms with E-state index in [2.05, 4.69) is 70.7 Å². The fourth-order valence-electron chi connectivity index (χ4n) is 1.69. The van der Waals surface area contributed by atoms with Gasteiger partial charge >= 0.3 is 0 Å². The molecule has 0 N–H and O–H groups in total. The summed E-state index contributed by atoms with van der Waals surface area (Å²) < 4.78 is 31.1. The van der Waals surface area contributed by atoms with Crippen molar-refractivity contribution in [2.24, 2.45) is 0 Å². The van der Waals surface area contributed by atoms with Crippen LogP contribution in [0.15, 0.2) is 61.2 Å². The number of nitrogens with zero attached hydrogens (tertiary/aromatic N) is 2. The van der Waals surface area contributed by atoms with Crippen molar-refractivity contribution >= 4 is 28.1 Å². The fourth-order valence-corrected chi connectivity index (χ4v) is 2.62. The molecule has 0 aliphatic carbocycles. The van der Waals surface area contributed by atoms with E-state index in [1.165, 1.54) is 0 Å². The van der Waals surface area contributed by atoms with Gasteiger partial charge in [-0.05, 0) is 27.7 Å². The summed E-state index contributed by atoms with van der Waals surface area (Å²) in [5.74, 6) is -1.77. The summed E-state index contributed by atoms with van der Waals surface area (Å²) in [7, 11) is -6.99. The largest absolute Gasteiger partial charge is 0.781 e. The zero-order valence-electron chi connectivity index (χ0n) is 16.2. The molecule has 0 spiro atoms. The van der Waals surface area contributed by atoms with E-state index in [0.717, 1.165) is 0 Å². The first-order chi connectivity index (χ1) is 13.1. The van der Waals surface area contributed by atoms with Gasteiger partial charge in [0, 0.05) is 24.3 Å². The number of pyridine rings is 2. The van der Waals surface area contributed by atoms with Crippen molar-refractivity contribution in [3.05, 3.63) is 61.2 Å². The molecule has 0 fully saturated rings. The lowest BCUT2D eigenvalue weighted by Gasteiger charge is -2.14. The second-order valence-electron chi connectivity index (χ2n) is 5.84. The van der Waals surface area contributed by atoms with Crippen LogP contribution in [0.5, 0.6) is 0 Å². The maximum absolute atomic E-state index is 9.69. The zero-order chi connectivity index (χ0) is 21.5. The van der Waals surface area contributed by atoms with Crippen LogP contribution >= 0.6 is 28.1 Å². The van der Waals surface area contributed by atoms with Gasteiger partial charge in [0.2, 0.25) is 5.75 Å². The van der Waals surface area contributed by atoms with Crippen molar-refractivity contribution in [1.29, 1.82) is 0 Å². The molecular weight excluding hydrogens is 426 g/mol. The lowest BCUT2D eigenvalue weighted by molar-refractivity contribution is -0.716. The van der Waals surface area contributed by atoms with Crippen molar-refractivity contribution in [3.63, 3.8) is 0 Å². The predicted molar refractivity (Wildman–Crippen MR) is 104 cm³/mol. The minimum absolute atomic E-state index is 0.575. The fraction of sp³-hybridized carbons (Fsp3) is 0.412. The Hall–Kier alpha value is -1.11. The molecule has 8 nitrogen and oxygen atoms in total. The zero-order valence-corrected chi connectivity index (χ0v) is 19.0. The molecule has 2 aromatic heterocycles.